The maximum atomic E-state index is 12.3. The highest BCUT2D eigenvalue weighted by Gasteiger charge is 2.16. The molecule has 0 radical (unpaired) electrons. The molecule has 0 aliphatic heterocycles. The van der Waals surface area contributed by atoms with Gasteiger partial charge in [0, 0.05) is 12.8 Å². The number of unbranched alkanes of at least 4 members (excludes halogenated alkanes) is 12. The van der Waals surface area contributed by atoms with Crippen molar-refractivity contribution in [3.05, 3.63) is 194 Å². The molecule has 1 N–H and O–H groups in total. The predicted molar refractivity (Wildman–Crippen MR) is 333 cm³/mol. The van der Waals surface area contributed by atoms with E-state index in [1.807, 2.05) is 0 Å². The van der Waals surface area contributed by atoms with Crippen LogP contribution in [0.4, 0.5) is 0 Å². The summed E-state index contributed by atoms with van der Waals surface area (Å²) in [6.45, 7) is 3.85. The Morgan fingerprint density at radius 2 is 0.539 bits per heavy atom. The third-order valence-corrected chi connectivity index (χ3v) is 11.9. The number of hydrogen-bond acceptors (Lipinski definition) is 5. The lowest BCUT2D eigenvalue weighted by atomic mass is 10.0. The zero-order valence-corrected chi connectivity index (χ0v) is 48.2. The fraction of sp³-hybridized carbons (Fsp3) is 0.521. The van der Waals surface area contributed by atoms with Crippen molar-refractivity contribution in [2.24, 2.45) is 0 Å². The SMILES string of the molecule is CC/C=C\C/C=C\C/C=C\C/C=C\C/C=C\C/C=C\C/C=C\C/C=C\C/C=C\CCCC(=O)OC(CO)COC(=O)CCCCCCCCCCCCC/C=C\C/C=C\C/C=C\C/C=C\C/C=C\C/C=C\C/C=C\CC. The average molecular weight is 1040 g/mol. The summed E-state index contributed by atoms with van der Waals surface area (Å²) in [5.41, 5.74) is 0. The number of rotatable bonds is 52. The molecule has 1 unspecified atom stereocenters. The second-order valence-electron chi connectivity index (χ2n) is 19.0. The molecular weight excluding hydrogens is 933 g/mol. The van der Waals surface area contributed by atoms with Crippen LogP contribution in [0.2, 0.25) is 0 Å². The number of carbonyl (C=O) groups is 2. The molecule has 0 fully saturated rings. The third kappa shape index (κ3) is 61.3. The Balaban J connectivity index is 3.67. The molecule has 0 aromatic carbocycles. The Hall–Kier alpha value is -5.26. The van der Waals surface area contributed by atoms with Gasteiger partial charge in [-0.3, -0.25) is 9.59 Å². The van der Waals surface area contributed by atoms with E-state index in [1.165, 1.54) is 57.8 Å². The largest absolute Gasteiger partial charge is 0.462 e. The molecule has 422 valence electrons. The van der Waals surface area contributed by atoms with Gasteiger partial charge in [-0.2, -0.15) is 0 Å². The Labute approximate surface area is 467 Å². The Morgan fingerprint density at radius 3 is 0.829 bits per heavy atom. The minimum absolute atomic E-state index is 0.104. The summed E-state index contributed by atoms with van der Waals surface area (Å²) < 4.78 is 10.7. The minimum atomic E-state index is -0.821. The summed E-state index contributed by atoms with van der Waals surface area (Å²) in [4.78, 5) is 24.5. The first kappa shape index (κ1) is 70.7. The quantitative estimate of drug-likeness (QED) is 0.0373. The molecule has 0 aliphatic carbocycles. The highest BCUT2D eigenvalue weighted by Crippen LogP contribution is 2.14. The summed E-state index contributed by atoms with van der Waals surface area (Å²) >= 11 is 0. The lowest BCUT2D eigenvalue weighted by Crippen LogP contribution is -2.28. The van der Waals surface area contributed by atoms with E-state index >= 15 is 0 Å². The molecule has 0 bridgehead atoms. The van der Waals surface area contributed by atoms with Crippen molar-refractivity contribution >= 4 is 11.9 Å². The van der Waals surface area contributed by atoms with Crippen LogP contribution in [0.1, 0.15) is 219 Å². The molecule has 0 rings (SSSR count). The molecule has 1 atom stereocenters. The van der Waals surface area contributed by atoms with E-state index < -0.39 is 6.10 Å². The highest BCUT2D eigenvalue weighted by atomic mass is 16.6. The van der Waals surface area contributed by atoms with Crippen LogP contribution in [-0.4, -0.2) is 36.4 Å². The van der Waals surface area contributed by atoms with Gasteiger partial charge in [0.05, 0.1) is 6.61 Å². The second-order valence-corrected chi connectivity index (χ2v) is 19.0. The fourth-order valence-electron chi connectivity index (χ4n) is 7.48. The first-order valence-corrected chi connectivity index (χ1v) is 30.0. The van der Waals surface area contributed by atoms with Crippen LogP contribution in [0.25, 0.3) is 0 Å². The summed E-state index contributed by atoms with van der Waals surface area (Å²) in [5.74, 6) is -0.679. The number of carbonyl (C=O) groups excluding carboxylic acids is 2. The summed E-state index contributed by atoms with van der Waals surface area (Å²) in [5, 5.41) is 9.66. The molecule has 0 saturated heterocycles. The number of esters is 2. The molecule has 0 aliphatic rings. The molecular formula is C71H108O5. The molecule has 0 amide bonds. The van der Waals surface area contributed by atoms with Gasteiger partial charge < -0.3 is 14.6 Å². The van der Waals surface area contributed by atoms with Gasteiger partial charge in [0.2, 0.25) is 0 Å². The lowest BCUT2D eigenvalue weighted by Gasteiger charge is -2.15. The number of aliphatic hydroxyl groups excluding tert-OH is 1. The second kappa shape index (κ2) is 64.0. The molecule has 5 heteroatoms. The Morgan fingerprint density at radius 1 is 0.303 bits per heavy atom. The van der Waals surface area contributed by atoms with Crippen molar-refractivity contribution in [2.75, 3.05) is 13.2 Å². The first-order chi connectivity index (χ1) is 37.6. The van der Waals surface area contributed by atoms with Gasteiger partial charge in [-0.25, -0.2) is 0 Å². The maximum Gasteiger partial charge on any atom is 0.306 e. The van der Waals surface area contributed by atoms with E-state index in [0.29, 0.717) is 12.8 Å². The number of ether oxygens (including phenoxy) is 2. The standard InChI is InChI=1S/C71H108O5/c1-3-5-7-9-11-13-15-17-19-21-23-25-27-29-31-33-34-35-36-38-39-41-43-45-47-49-51-53-55-57-59-61-63-65-70(73)75-68-69(67-72)76-71(74)66-64-62-60-58-56-54-52-50-48-46-44-42-40-37-32-30-28-26-24-22-20-18-16-14-12-10-8-6-4-2/h5-8,11-14,17-20,23-26,29-32,34-35,38-40,42,46,48,52,54,58,60,69,72H,3-4,9-10,15-16,21-22,27-28,33,36-37,41,43-45,47,49-51,53,55-57,59,61-68H2,1-2H3/b7-5-,8-6-,13-11-,14-12-,19-17-,20-18-,25-23-,26-24-,31-29-,32-30-,35-34-,39-38-,42-40-,48-46-,54-52-,60-58-. The smallest absolute Gasteiger partial charge is 0.306 e. The minimum Gasteiger partial charge on any atom is -0.462 e. The Bertz CT molecular complexity index is 1800. The number of hydrogen-bond donors (Lipinski definition) is 1. The predicted octanol–water partition coefficient (Wildman–Crippen LogP) is 20.9. The van der Waals surface area contributed by atoms with E-state index in [-0.39, 0.29) is 31.6 Å². The van der Waals surface area contributed by atoms with Crippen LogP contribution in [0.3, 0.4) is 0 Å². The summed E-state index contributed by atoms with van der Waals surface area (Å²) in [6, 6.07) is 0. The summed E-state index contributed by atoms with van der Waals surface area (Å²) in [7, 11) is 0. The third-order valence-electron chi connectivity index (χ3n) is 11.9. The molecule has 0 aromatic rings. The van der Waals surface area contributed by atoms with Crippen LogP contribution < -0.4 is 0 Å². The normalized spacial score (nSPS) is 13.7. The van der Waals surface area contributed by atoms with Crippen molar-refractivity contribution in [3.8, 4) is 0 Å². The van der Waals surface area contributed by atoms with E-state index in [0.717, 1.165) is 128 Å². The van der Waals surface area contributed by atoms with E-state index in [1.54, 1.807) is 0 Å². The Kier molecular flexibility index (Phi) is 59.6. The number of aliphatic hydroxyl groups is 1. The topological polar surface area (TPSA) is 72.8 Å². The molecule has 5 nitrogen and oxygen atoms in total. The van der Waals surface area contributed by atoms with Gasteiger partial charge in [-0.15, -0.1) is 0 Å². The van der Waals surface area contributed by atoms with Gasteiger partial charge in [0.25, 0.3) is 0 Å². The van der Waals surface area contributed by atoms with Crippen LogP contribution in [0.5, 0.6) is 0 Å². The van der Waals surface area contributed by atoms with Gasteiger partial charge in [-0.1, -0.05) is 266 Å². The highest BCUT2D eigenvalue weighted by molar-refractivity contribution is 5.70. The van der Waals surface area contributed by atoms with Crippen LogP contribution >= 0.6 is 0 Å². The zero-order valence-electron chi connectivity index (χ0n) is 48.2. The van der Waals surface area contributed by atoms with E-state index in [2.05, 4.69) is 208 Å². The van der Waals surface area contributed by atoms with Crippen LogP contribution in [0.15, 0.2) is 194 Å². The first-order valence-electron chi connectivity index (χ1n) is 30.0. The van der Waals surface area contributed by atoms with Crippen molar-refractivity contribution in [1.29, 1.82) is 0 Å². The molecule has 0 saturated carbocycles. The maximum absolute atomic E-state index is 12.3. The fourth-order valence-corrected chi connectivity index (χ4v) is 7.48. The number of allylic oxidation sites excluding steroid dienone is 32. The monoisotopic (exact) mass is 1040 g/mol. The molecule has 0 spiro atoms. The van der Waals surface area contributed by atoms with E-state index in [4.69, 9.17) is 9.47 Å². The van der Waals surface area contributed by atoms with Gasteiger partial charge in [0.15, 0.2) is 6.10 Å². The average Bonchev–Trinajstić information content (AvgIpc) is 3.42. The van der Waals surface area contributed by atoms with Crippen molar-refractivity contribution in [3.63, 3.8) is 0 Å². The van der Waals surface area contributed by atoms with Crippen molar-refractivity contribution in [2.45, 2.75) is 225 Å². The van der Waals surface area contributed by atoms with Crippen molar-refractivity contribution in [1.82, 2.24) is 0 Å². The molecule has 76 heavy (non-hydrogen) atoms. The zero-order chi connectivity index (χ0) is 54.8. The summed E-state index contributed by atoms with van der Waals surface area (Å²) in [6.07, 6.45) is 103. The lowest BCUT2D eigenvalue weighted by molar-refractivity contribution is -0.161. The van der Waals surface area contributed by atoms with Crippen molar-refractivity contribution < 1.29 is 24.2 Å². The molecule has 0 aromatic heterocycles. The van der Waals surface area contributed by atoms with Gasteiger partial charge in [-0.05, 0) is 135 Å². The molecule has 0 heterocycles. The van der Waals surface area contributed by atoms with Gasteiger partial charge >= 0.3 is 11.9 Å². The van der Waals surface area contributed by atoms with E-state index in [9.17, 15) is 14.7 Å². The van der Waals surface area contributed by atoms with Crippen LogP contribution in [-0.2, 0) is 19.1 Å². The van der Waals surface area contributed by atoms with Gasteiger partial charge in [0.1, 0.15) is 6.61 Å². The van der Waals surface area contributed by atoms with Crippen LogP contribution in [0, 0.1) is 0 Å².